The van der Waals surface area contributed by atoms with Crippen molar-refractivity contribution in [1.82, 2.24) is 0 Å². The Morgan fingerprint density at radius 2 is 1.87 bits per heavy atom. The van der Waals surface area contributed by atoms with E-state index in [1.165, 1.54) is 11.1 Å². The maximum Gasteiger partial charge on any atom is 0.217 e. The first kappa shape index (κ1) is 9.71. The molecule has 0 unspecified atom stereocenters. The predicted octanol–water partition coefficient (Wildman–Crippen LogP) is 2.21. The minimum Gasteiger partial charge on any atom is -0.370 e. The highest BCUT2D eigenvalue weighted by atomic mass is 16.1. The third kappa shape index (κ3) is 2.81. The van der Waals surface area contributed by atoms with Crippen molar-refractivity contribution in [3.8, 4) is 11.1 Å². The number of rotatable bonds is 3. The van der Waals surface area contributed by atoms with Gasteiger partial charge in [0, 0.05) is 6.42 Å². The molecule has 1 amide bonds. The molecule has 0 aromatic heterocycles. The fourth-order valence-electron chi connectivity index (χ4n) is 1.47. The normalized spacial score (nSPS) is 10.4. The van der Waals surface area contributed by atoms with Crippen LogP contribution in [-0.2, 0) is 11.2 Å². The van der Waals surface area contributed by atoms with Crippen LogP contribution in [0.3, 0.4) is 0 Å². The summed E-state index contributed by atoms with van der Waals surface area (Å²) in [6.07, 6.45) is 1.12. The van der Waals surface area contributed by atoms with Gasteiger partial charge < -0.3 is 5.73 Å². The topological polar surface area (TPSA) is 43.1 Å². The second-order valence-corrected chi connectivity index (χ2v) is 3.65. The number of carbonyl (C=O) groups excluding carboxylic acids is 1. The first-order valence-corrected chi connectivity index (χ1v) is 5.02. The van der Waals surface area contributed by atoms with E-state index in [0.717, 1.165) is 5.56 Å². The van der Waals surface area contributed by atoms with E-state index in [2.05, 4.69) is 18.2 Å². The van der Waals surface area contributed by atoms with Gasteiger partial charge in [0.25, 0.3) is 0 Å². The lowest BCUT2D eigenvalue weighted by Crippen LogP contribution is -2.10. The van der Waals surface area contributed by atoms with Crippen molar-refractivity contribution in [3.05, 3.63) is 48.0 Å². The molecule has 2 aliphatic carbocycles. The van der Waals surface area contributed by atoms with Crippen LogP contribution in [0, 0.1) is 0 Å². The number of carbonyl (C=O) groups is 1. The van der Waals surface area contributed by atoms with Crippen molar-refractivity contribution in [3.63, 3.8) is 0 Å². The van der Waals surface area contributed by atoms with E-state index < -0.39 is 0 Å². The van der Waals surface area contributed by atoms with E-state index in [1.54, 1.807) is 0 Å². The van der Waals surface area contributed by atoms with E-state index in [1.807, 2.05) is 24.3 Å². The van der Waals surface area contributed by atoms with Crippen LogP contribution in [0.4, 0.5) is 0 Å². The molecule has 2 nitrogen and oxygen atoms in total. The molecule has 0 aromatic rings. The van der Waals surface area contributed by atoms with Gasteiger partial charge in [0.1, 0.15) is 0 Å². The van der Waals surface area contributed by atoms with E-state index in [0.29, 0.717) is 12.8 Å². The van der Waals surface area contributed by atoms with Crippen molar-refractivity contribution in [2.75, 3.05) is 0 Å². The largest absolute Gasteiger partial charge is 0.370 e. The van der Waals surface area contributed by atoms with Crippen LogP contribution in [0.1, 0.15) is 12.0 Å². The second-order valence-electron chi connectivity index (χ2n) is 3.65. The average Bonchev–Trinajstić information content (AvgIpc) is 2.91. The SMILES string of the molecule is NC(=O)CCc1cccccc2cc-2c1. The molecule has 0 saturated heterocycles. The Balaban J connectivity index is 2.20. The number of primary amides is 1. The van der Waals surface area contributed by atoms with Gasteiger partial charge in [-0.1, -0.05) is 36.4 Å². The Labute approximate surface area is 89.1 Å². The summed E-state index contributed by atoms with van der Waals surface area (Å²) < 4.78 is 0. The molecule has 76 valence electrons. The Morgan fingerprint density at radius 1 is 1.07 bits per heavy atom. The van der Waals surface area contributed by atoms with Crippen molar-refractivity contribution >= 4 is 5.91 Å². The number of aryl methyl sites for hydroxylation is 1. The zero-order valence-corrected chi connectivity index (χ0v) is 8.44. The highest BCUT2D eigenvalue weighted by Gasteiger charge is 2.07. The molecule has 2 N–H and O–H groups in total. The first-order chi connectivity index (χ1) is 7.25. The number of hydrogen-bond acceptors (Lipinski definition) is 1. The molecule has 0 aromatic carbocycles. The molecule has 0 spiro atoms. The first-order valence-electron chi connectivity index (χ1n) is 5.02. The Bertz CT molecular complexity index is 450. The predicted molar refractivity (Wildman–Crippen MR) is 60.6 cm³/mol. The molecule has 2 aliphatic rings. The summed E-state index contributed by atoms with van der Waals surface area (Å²) in [5.74, 6) is -0.250. The summed E-state index contributed by atoms with van der Waals surface area (Å²) >= 11 is 0. The summed E-state index contributed by atoms with van der Waals surface area (Å²) in [5, 5.41) is 0. The van der Waals surface area contributed by atoms with Crippen LogP contribution in [0.5, 0.6) is 0 Å². The third-order valence-electron chi connectivity index (χ3n) is 2.37. The maximum absolute atomic E-state index is 10.7. The minimum atomic E-state index is -0.250. The van der Waals surface area contributed by atoms with Crippen molar-refractivity contribution in [2.45, 2.75) is 12.8 Å². The molecule has 2 rings (SSSR count). The van der Waals surface area contributed by atoms with Gasteiger partial charge in [-0.15, -0.1) is 0 Å². The lowest BCUT2D eigenvalue weighted by Gasteiger charge is -1.94. The van der Waals surface area contributed by atoms with Gasteiger partial charge in [-0.3, -0.25) is 4.79 Å². The zero-order chi connectivity index (χ0) is 10.7. The molecule has 15 heavy (non-hydrogen) atoms. The Hall–Kier alpha value is -1.83. The van der Waals surface area contributed by atoms with E-state index in [-0.39, 0.29) is 5.91 Å². The fourth-order valence-corrected chi connectivity index (χ4v) is 1.47. The molecule has 0 aliphatic heterocycles. The van der Waals surface area contributed by atoms with Gasteiger partial charge in [0.05, 0.1) is 0 Å². The van der Waals surface area contributed by atoms with Gasteiger partial charge in [0.15, 0.2) is 0 Å². The van der Waals surface area contributed by atoms with Crippen LogP contribution < -0.4 is 5.73 Å². The van der Waals surface area contributed by atoms with Crippen molar-refractivity contribution < 1.29 is 4.79 Å². The summed E-state index contributed by atoms with van der Waals surface area (Å²) in [7, 11) is 0. The van der Waals surface area contributed by atoms with Gasteiger partial charge in [-0.25, -0.2) is 0 Å². The van der Waals surface area contributed by atoms with Crippen LogP contribution in [0.2, 0.25) is 0 Å². The highest BCUT2D eigenvalue weighted by molar-refractivity contribution is 5.79. The van der Waals surface area contributed by atoms with Crippen LogP contribution >= 0.6 is 0 Å². The van der Waals surface area contributed by atoms with Gasteiger partial charge >= 0.3 is 0 Å². The summed E-state index contributed by atoms with van der Waals surface area (Å²) in [4.78, 5) is 10.7. The highest BCUT2D eigenvalue weighted by Crippen LogP contribution is 2.30. The van der Waals surface area contributed by atoms with Gasteiger partial charge in [0.2, 0.25) is 5.91 Å². The molecular weight excluding hydrogens is 186 g/mol. The average molecular weight is 199 g/mol. The third-order valence-corrected chi connectivity index (χ3v) is 2.37. The summed E-state index contributed by atoms with van der Waals surface area (Å²) in [5.41, 5.74) is 8.80. The molecule has 0 radical (unpaired) electrons. The van der Waals surface area contributed by atoms with E-state index >= 15 is 0 Å². The van der Waals surface area contributed by atoms with Crippen LogP contribution in [0.25, 0.3) is 11.1 Å². The lowest BCUT2D eigenvalue weighted by molar-refractivity contribution is -0.117. The number of nitrogens with two attached hydrogens (primary N) is 1. The number of amides is 1. The Morgan fingerprint density at radius 3 is 2.67 bits per heavy atom. The molecule has 0 heterocycles. The molecular formula is C13H13NO. The smallest absolute Gasteiger partial charge is 0.217 e. The van der Waals surface area contributed by atoms with E-state index in [9.17, 15) is 4.79 Å². The second kappa shape index (κ2) is 4.13. The van der Waals surface area contributed by atoms with Crippen LogP contribution in [-0.4, -0.2) is 5.91 Å². The molecule has 0 saturated carbocycles. The monoisotopic (exact) mass is 199 g/mol. The molecule has 0 atom stereocenters. The fraction of sp³-hybridized carbons (Fsp3) is 0.154. The van der Waals surface area contributed by atoms with Gasteiger partial charge in [-0.05, 0) is 29.2 Å². The molecule has 2 heteroatoms. The quantitative estimate of drug-likeness (QED) is 0.809. The summed E-state index contributed by atoms with van der Waals surface area (Å²) in [6.45, 7) is 0. The van der Waals surface area contributed by atoms with Crippen molar-refractivity contribution in [1.29, 1.82) is 0 Å². The summed E-state index contributed by atoms with van der Waals surface area (Å²) in [6, 6.07) is 14.3. The standard InChI is InChI=1S/C13H13NO/c14-13(15)7-6-10-4-2-1-3-5-11-9-12(11)8-10/h1-5,8-9H,6-7H2,(H2,14,15). The Kier molecular flexibility index (Phi) is 2.68. The number of fused-ring (bicyclic) bond motifs is 1. The lowest BCUT2D eigenvalue weighted by atomic mass is 10.1. The van der Waals surface area contributed by atoms with E-state index in [4.69, 9.17) is 5.73 Å². The van der Waals surface area contributed by atoms with Crippen LogP contribution in [0.15, 0.2) is 42.5 Å². The molecule has 0 bridgehead atoms. The minimum absolute atomic E-state index is 0.250. The van der Waals surface area contributed by atoms with Crippen molar-refractivity contribution in [2.24, 2.45) is 5.73 Å². The zero-order valence-electron chi connectivity index (χ0n) is 8.44. The molecule has 0 fully saturated rings. The maximum atomic E-state index is 10.7. The van der Waals surface area contributed by atoms with Gasteiger partial charge in [-0.2, -0.15) is 0 Å². The number of hydrogen-bond donors (Lipinski definition) is 1.